The van der Waals surface area contributed by atoms with Gasteiger partial charge in [0, 0.05) is 13.1 Å². The standard InChI is InChI=1S/C23H28N2O4/c1-28-20-12-11-17(15-21(20)29-2)16-22(26)24-19-10-6-5-9-18(19)23(27)25-13-7-3-4-8-14-25/h5-6,9-12,15H,3-4,7-8,13-14,16H2,1-2H3,(H,24,26). The van der Waals surface area contributed by atoms with Gasteiger partial charge in [0.15, 0.2) is 11.5 Å². The molecule has 0 saturated carbocycles. The molecule has 2 aromatic carbocycles. The summed E-state index contributed by atoms with van der Waals surface area (Å²) < 4.78 is 10.5. The average molecular weight is 396 g/mol. The van der Waals surface area contributed by atoms with E-state index in [4.69, 9.17) is 9.47 Å². The number of benzene rings is 2. The Morgan fingerprint density at radius 3 is 2.31 bits per heavy atom. The summed E-state index contributed by atoms with van der Waals surface area (Å²) in [5.74, 6) is 0.988. The van der Waals surface area contributed by atoms with E-state index in [-0.39, 0.29) is 18.2 Å². The second-order valence-electron chi connectivity index (χ2n) is 7.17. The third-order valence-electron chi connectivity index (χ3n) is 5.14. The van der Waals surface area contributed by atoms with Gasteiger partial charge in [0.1, 0.15) is 0 Å². The largest absolute Gasteiger partial charge is 0.493 e. The van der Waals surface area contributed by atoms with Crippen molar-refractivity contribution in [1.29, 1.82) is 0 Å². The van der Waals surface area contributed by atoms with Crippen LogP contribution in [0.5, 0.6) is 11.5 Å². The predicted molar refractivity (Wildman–Crippen MR) is 113 cm³/mol. The molecule has 6 heteroatoms. The topological polar surface area (TPSA) is 67.9 Å². The Morgan fingerprint density at radius 2 is 1.62 bits per heavy atom. The number of rotatable bonds is 6. The third-order valence-corrected chi connectivity index (χ3v) is 5.14. The number of nitrogens with one attached hydrogen (secondary N) is 1. The molecule has 1 saturated heterocycles. The normalized spacial score (nSPS) is 14.1. The molecule has 154 valence electrons. The van der Waals surface area contributed by atoms with Crippen LogP contribution in [0.15, 0.2) is 42.5 Å². The van der Waals surface area contributed by atoms with Crippen LogP contribution in [-0.4, -0.2) is 44.0 Å². The molecular weight excluding hydrogens is 368 g/mol. The zero-order chi connectivity index (χ0) is 20.6. The highest BCUT2D eigenvalue weighted by Gasteiger charge is 2.20. The molecule has 2 aromatic rings. The second kappa shape index (κ2) is 9.96. The molecule has 0 radical (unpaired) electrons. The number of carbonyl (C=O) groups excluding carboxylic acids is 2. The zero-order valence-electron chi connectivity index (χ0n) is 17.1. The van der Waals surface area contributed by atoms with Gasteiger partial charge in [-0.25, -0.2) is 0 Å². The smallest absolute Gasteiger partial charge is 0.255 e. The van der Waals surface area contributed by atoms with Crippen molar-refractivity contribution >= 4 is 17.5 Å². The fourth-order valence-electron chi connectivity index (χ4n) is 3.59. The molecule has 1 heterocycles. The zero-order valence-corrected chi connectivity index (χ0v) is 17.1. The van der Waals surface area contributed by atoms with E-state index in [1.54, 1.807) is 38.5 Å². The fourth-order valence-corrected chi connectivity index (χ4v) is 3.59. The third kappa shape index (κ3) is 5.28. The van der Waals surface area contributed by atoms with Crippen LogP contribution in [-0.2, 0) is 11.2 Å². The Balaban J connectivity index is 1.72. The van der Waals surface area contributed by atoms with E-state index in [1.807, 2.05) is 23.1 Å². The van der Waals surface area contributed by atoms with Gasteiger partial charge in [0.05, 0.1) is 31.9 Å². The summed E-state index contributed by atoms with van der Waals surface area (Å²) in [4.78, 5) is 27.5. The van der Waals surface area contributed by atoms with Crippen LogP contribution in [0.4, 0.5) is 5.69 Å². The summed E-state index contributed by atoms with van der Waals surface area (Å²) in [7, 11) is 3.13. The van der Waals surface area contributed by atoms with Crippen molar-refractivity contribution in [2.75, 3.05) is 32.6 Å². The SMILES string of the molecule is COc1ccc(CC(=O)Nc2ccccc2C(=O)N2CCCCCC2)cc1OC. The van der Waals surface area contributed by atoms with Gasteiger partial charge in [-0.3, -0.25) is 9.59 Å². The first-order valence-electron chi connectivity index (χ1n) is 10.0. The van der Waals surface area contributed by atoms with Gasteiger partial charge >= 0.3 is 0 Å². The molecule has 0 atom stereocenters. The van der Waals surface area contributed by atoms with Gasteiger partial charge in [0.2, 0.25) is 5.91 Å². The first-order valence-corrected chi connectivity index (χ1v) is 10.0. The number of carbonyl (C=O) groups is 2. The fraction of sp³-hybridized carbons (Fsp3) is 0.391. The molecular formula is C23H28N2O4. The van der Waals surface area contributed by atoms with Gasteiger partial charge < -0.3 is 19.7 Å². The number of methoxy groups -OCH3 is 2. The number of hydrogen-bond donors (Lipinski definition) is 1. The quantitative estimate of drug-likeness (QED) is 0.804. The van der Waals surface area contributed by atoms with Crippen LogP contribution in [0.1, 0.15) is 41.6 Å². The predicted octanol–water partition coefficient (Wildman–Crippen LogP) is 3.90. The maximum Gasteiger partial charge on any atom is 0.255 e. The highest BCUT2D eigenvalue weighted by Crippen LogP contribution is 2.28. The van der Waals surface area contributed by atoms with E-state index in [9.17, 15) is 9.59 Å². The van der Waals surface area contributed by atoms with Crippen LogP contribution in [0.3, 0.4) is 0 Å². The van der Waals surface area contributed by atoms with Crippen LogP contribution in [0.25, 0.3) is 0 Å². The summed E-state index contributed by atoms with van der Waals surface area (Å²) in [5.41, 5.74) is 1.89. The minimum absolute atomic E-state index is 0.0195. The van der Waals surface area contributed by atoms with E-state index >= 15 is 0 Å². The van der Waals surface area contributed by atoms with Crippen molar-refractivity contribution in [2.45, 2.75) is 32.1 Å². The number of hydrogen-bond acceptors (Lipinski definition) is 4. The van der Waals surface area contributed by atoms with Crippen LogP contribution >= 0.6 is 0 Å². The van der Waals surface area contributed by atoms with E-state index in [0.717, 1.165) is 44.3 Å². The Morgan fingerprint density at radius 1 is 0.931 bits per heavy atom. The monoisotopic (exact) mass is 396 g/mol. The summed E-state index contributed by atoms with van der Waals surface area (Å²) in [5, 5.41) is 2.90. The maximum absolute atomic E-state index is 13.0. The summed E-state index contributed by atoms with van der Waals surface area (Å²) in [6.45, 7) is 1.54. The number of nitrogens with zero attached hydrogens (tertiary/aromatic N) is 1. The number of amides is 2. The van der Waals surface area contributed by atoms with Crippen molar-refractivity contribution in [3.05, 3.63) is 53.6 Å². The molecule has 29 heavy (non-hydrogen) atoms. The van der Waals surface area contributed by atoms with Crippen LogP contribution in [0.2, 0.25) is 0 Å². The summed E-state index contributed by atoms with van der Waals surface area (Å²) in [6, 6.07) is 12.6. The maximum atomic E-state index is 13.0. The van der Waals surface area contributed by atoms with E-state index in [2.05, 4.69) is 5.32 Å². The molecule has 0 unspecified atom stereocenters. The van der Waals surface area contributed by atoms with E-state index in [0.29, 0.717) is 22.7 Å². The molecule has 1 N–H and O–H groups in total. The summed E-state index contributed by atoms with van der Waals surface area (Å²) in [6.07, 6.45) is 4.55. The lowest BCUT2D eigenvalue weighted by Gasteiger charge is -2.22. The van der Waals surface area contributed by atoms with Gasteiger partial charge in [-0.2, -0.15) is 0 Å². The average Bonchev–Trinajstić information content (AvgIpc) is 3.03. The second-order valence-corrected chi connectivity index (χ2v) is 7.17. The van der Waals surface area contributed by atoms with Crippen molar-refractivity contribution in [2.24, 2.45) is 0 Å². The van der Waals surface area contributed by atoms with Crippen LogP contribution in [0, 0.1) is 0 Å². The number of likely N-dealkylation sites (tertiary alicyclic amines) is 1. The Bertz CT molecular complexity index is 858. The van der Waals surface area contributed by atoms with Gasteiger partial charge in [-0.1, -0.05) is 31.0 Å². The van der Waals surface area contributed by atoms with Gasteiger partial charge in [-0.15, -0.1) is 0 Å². The van der Waals surface area contributed by atoms with Crippen molar-refractivity contribution in [3.63, 3.8) is 0 Å². The van der Waals surface area contributed by atoms with Crippen molar-refractivity contribution in [1.82, 2.24) is 4.90 Å². The van der Waals surface area contributed by atoms with Gasteiger partial charge in [-0.05, 0) is 42.7 Å². The Labute approximate surface area is 171 Å². The molecule has 2 amide bonds. The number of ether oxygens (including phenoxy) is 2. The van der Waals surface area contributed by atoms with Crippen molar-refractivity contribution in [3.8, 4) is 11.5 Å². The highest BCUT2D eigenvalue weighted by atomic mass is 16.5. The van der Waals surface area contributed by atoms with E-state index < -0.39 is 0 Å². The molecule has 1 aliphatic rings. The lowest BCUT2D eigenvalue weighted by Crippen LogP contribution is -2.32. The first kappa shape index (κ1) is 20.7. The van der Waals surface area contributed by atoms with Gasteiger partial charge in [0.25, 0.3) is 5.91 Å². The molecule has 3 rings (SSSR count). The lowest BCUT2D eigenvalue weighted by molar-refractivity contribution is -0.115. The van der Waals surface area contributed by atoms with E-state index in [1.165, 1.54) is 0 Å². The first-order chi connectivity index (χ1) is 14.1. The minimum atomic E-state index is -0.187. The molecule has 0 bridgehead atoms. The minimum Gasteiger partial charge on any atom is -0.493 e. The molecule has 0 aromatic heterocycles. The molecule has 0 spiro atoms. The number of para-hydroxylation sites is 1. The molecule has 0 aliphatic carbocycles. The van der Waals surface area contributed by atoms with Crippen molar-refractivity contribution < 1.29 is 19.1 Å². The number of anilines is 1. The Kier molecular flexibility index (Phi) is 7.11. The highest BCUT2D eigenvalue weighted by molar-refractivity contribution is 6.04. The Hall–Kier alpha value is -3.02. The van der Waals surface area contributed by atoms with Crippen LogP contribution < -0.4 is 14.8 Å². The lowest BCUT2D eigenvalue weighted by atomic mass is 10.1. The summed E-state index contributed by atoms with van der Waals surface area (Å²) >= 11 is 0. The molecule has 6 nitrogen and oxygen atoms in total. The molecule has 1 aliphatic heterocycles. The molecule has 1 fully saturated rings.